The van der Waals surface area contributed by atoms with Gasteiger partial charge in [-0.25, -0.2) is 4.39 Å². The summed E-state index contributed by atoms with van der Waals surface area (Å²) in [5.41, 5.74) is 4.15. The molecule has 2 amide bonds. The van der Waals surface area contributed by atoms with Crippen LogP contribution >= 0.6 is 0 Å². The van der Waals surface area contributed by atoms with Crippen LogP contribution in [0.15, 0.2) is 79.0 Å². The summed E-state index contributed by atoms with van der Waals surface area (Å²) < 4.78 is 15.7. The van der Waals surface area contributed by atoms with Crippen LogP contribution in [0.25, 0.3) is 16.6 Å². The highest BCUT2D eigenvalue weighted by molar-refractivity contribution is 5.99. The highest BCUT2D eigenvalue weighted by atomic mass is 19.1. The second kappa shape index (κ2) is 9.48. The molecule has 0 spiro atoms. The molecule has 0 saturated carbocycles. The molecule has 6 nitrogen and oxygen atoms in total. The zero-order chi connectivity index (χ0) is 25.5. The van der Waals surface area contributed by atoms with Crippen LogP contribution in [0.3, 0.4) is 0 Å². The molecule has 3 heterocycles. The predicted molar refractivity (Wildman–Crippen MR) is 142 cm³/mol. The normalized spacial score (nSPS) is 16.7. The molecular weight excluding hydrogens is 467 g/mol. The van der Waals surface area contributed by atoms with Gasteiger partial charge in [0.25, 0.3) is 11.8 Å². The third-order valence-corrected chi connectivity index (χ3v) is 7.63. The van der Waals surface area contributed by atoms with Gasteiger partial charge in [0.1, 0.15) is 5.82 Å². The van der Waals surface area contributed by atoms with Gasteiger partial charge in [-0.1, -0.05) is 24.3 Å². The standard InChI is InChI=1S/C30H29FN4O2/c1-21-18-35(25-9-5-8-24(31)17-25)28-11-10-23(16-27(21)28)30(37)34-19-26(20-34)32-12-14-33(15-13-32)29(36)22-6-3-2-4-7-22/h2-11,16-18,26H,12-15,19-20H2,1H3. The molecule has 7 heteroatoms. The number of carbonyl (C=O) groups excluding carboxylic acids is 2. The molecule has 2 aliphatic heterocycles. The molecule has 4 aromatic rings. The van der Waals surface area contributed by atoms with Gasteiger partial charge >= 0.3 is 0 Å². The Hall–Kier alpha value is -3.97. The minimum Gasteiger partial charge on any atom is -0.336 e. The average Bonchev–Trinajstić information content (AvgIpc) is 3.24. The molecule has 0 unspecified atom stereocenters. The molecule has 3 aromatic carbocycles. The van der Waals surface area contributed by atoms with Crippen molar-refractivity contribution in [1.29, 1.82) is 0 Å². The Morgan fingerprint density at radius 1 is 0.784 bits per heavy atom. The van der Waals surface area contributed by atoms with Gasteiger partial charge in [-0.05, 0) is 61.0 Å². The lowest BCUT2D eigenvalue weighted by atomic mass is 10.0. The first-order valence-corrected chi connectivity index (χ1v) is 12.7. The molecule has 188 valence electrons. The summed E-state index contributed by atoms with van der Waals surface area (Å²) in [7, 11) is 0. The van der Waals surface area contributed by atoms with Crippen LogP contribution in [0.1, 0.15) is 26.3 Å². The summed E-state index contributed by atoms with van der Waals surface area (Å²) in [5, 5.41) is 0.992. The number of aromatic nitrogens is 1. The maximum atomic E-state index is 13.8. The van der Waals surface area contributed by atoms with Gasteiger partial charge in [0.15, 0.2) is 0 Å². The van der Waals surface area contributed by atoms with Crippen LogP contribution in [0, 0.1) is 12.7 Å². The van der Waals surface area contributed by atoms with Crippen molar-refractivity contribution in [3.8, 4) is 5.69 Å². The van der Waals surface area contributed by atoms with Crippen molar-refractivity contribution >= 4 is 22.7 Å². The Morgan fingerprint density at radius 3 is 2.24 bits per heavy atom. The van der Waals surface area contributed by atoms with E-state index in [1.54, 1.807) is 6.07 Å². The Balaban J connectivity index is 1.08. The van der Waals surface area contributed by atoms with Crippen molar-refractivity contribution in [2.75, 3.05) is 39.3 Å². The Kier molecular flexibility index (Phi) is 6.00. The van der Waals surface area contributed by atoms with E-state index in [0.29, 0.717) is 37.8 Å². The Bertz CT molecular complexity index is 1470. The first-order chi connectivity index (χ1) is 18.0. The first kappa shape index (κ1) is 23.4. The fourth-order valence-electron chi connectivity index (χ4n) is 5.46. The molecule has 37 heavy (non-hydrogen) atoms. The predicted octanol–water partition coefficient (Wildman–Crippen LogP) is 4.36. The highest BCUT2D eigenvalue weighted by Crippen LogP contribution is 2.28. The number of nitrogens with zero attached hydrogens (tertiary/aromatic N) is 4. The fourth-order valence-corrected chi connectivity index (χ4v) is 5.46. The van der Waals surface area contributed by atoms with Gasteiger partial charge in [-0.3, -0.25) is 14.5 Å². The number of fused-ring (bicyclic) bond motifs is 1. The summed E-state index contributed by atoms with van der Waals surface area (Å²) in [6.45, 7) is 6.47. The zero-order valence-corrected chi connectivity index (χ0v) is 20.8. The summed E-state index contributed by atoms with van der Waals surface area (Å²) in [6.07, 6.45) is 1.98. The SMILES string of the molecule is Cc1cn(-c2cccc(F)c2)c2ccc(C(=O)N3CC(N4CCN(C(=O)c5ccccc5)CC4)C3)cc12. The largest absolute Gasteiger partial charge is 0.336 e. The van der Waals surface area contributed by atoms with Crippen molar-refractivity contribution in [3.05, 3.63) is 102 Å². The quantitative estimate of drug-likeness (QED) is 0.422. The summed E-state index contributed by atoms with van der Waals surface area (Å²) >= 11 is 0. The van der Waals surface area contributed by atoms with Crippen molar-refractivity contribution in [3.63, 3.8) is 0 Å². The Labute approximate surface area is 215 Å². The van der Waals surface area contributed by atoms with Crippen LogP contribution < -0.4 is 0 Å². The van der Waals surface area contributed by atoms with Gasteiger partial charge in [-0.15, -0.1) is 0 Å². The van der Waals surface area contributed by atoms with E-state index in [1.807, 2.05) is 82.1 Å². The van der Waals surface area contributed by atoms with Crippen LogP contribution in [0.4, 0.5) is 4.39 Å². The molecule has 1 aromatic heterocycles. The second-order valence-electron chi connectivity index (χ2n) is 9.95. The summed E-state index contributed by atoms with van der Waals surface area (Å²) in [6, 6.07) is 22.0. The van der Waals surface area contributed by atoms with E-state index in [4.69, 9.17) is 0 Å². The number of amides is 2. The topological polar surface area (TPSA) is 48.8 Å². The number of halogens is 1. The first-order valence-electron chi connectivity index (χ1n) is 12.7. The van der Waals surface area contributed by atoms with Crippen molar-refractivity contribution in [2.24, 2.45) is 0 Å². The third-order valence-electron chi connectivity index (χ3n) is 7.63. The molecule has 0 atom stereocenters. The van der Waals surface area contributed by atoms with Gasteiger partial charge in [0.2, 0.25) is 0 Å². The van der Waals surface area contributed by atoms with Gasteiger partial charge in [-0.2, -0.15) is 0 Å². The van der Waals surface area contributed by atoms with Crippen LogP contribution in [0.2, 0.25) is 0 Å². The third kappa shape index (κ3) is 4.40. The van der Waals surface area contributed by atoms with Gasteiger partial charge in [0.05, 0.1) is 5.52 Å². The lowest BCUT2D eigenvalue weighted by Gasteiger charge is -2.48. The van der Waals surface area contributed by atoms with Crippen molar-refractivity contribution in [2.45, 2.75) is 13.0 Å². The van der Waals surface area contributed by atoms with Crippen molar-refractivity contribution < 1.29 is 14.0 Å². The smallest absolute Gasteiger partial charge is 0.253 e. The number of likely N-dealkylation sites (tertiary alicyclic amines) is 1. The van der Waals surface area contributed by atoms with E-state index in [9.17, 15) is 14.0 Å². The number of rotatable bonds is 4. The molecule has 0 radical (unpaired) electrons. The number of benzene rings is 3. The van der Waals surface area contributed by atoms with Gasteiger partial charge < -0.3 is 14.4 Å². The molecule has 2 saturated heterocycles. The number of carbonyl (C=O) groups is 2. The van der Waals surface area contributed by atoms with E-state index < -0.39 is 0 Å². The molecule has 0 aliphatic carbocycles. The van der Waals surface area contributed by atoms with E-state index in [1.165, 1.54) is 12.1 Å². The molecular formula is C30H29FN4O2. The summed E-state index contributed by atoms with van der Waals surface area (Å²) in [4.78, 5) is 32.1. The van der Waals surface area contributed by atoms with E-state index >= 15 is 0 Å². The van der Waals surface area contributed by atoms with Crippen molar-refractivity contribution in [1.82, 2.24) is 19.3 Å². The lowest BCUT2D eigenvalue weighted by molar-refractivity contribution is 0.00854. The van der Waals surface area contributed by atoms with Gasteiger partial charge in [0, 0.05) is 73.7 Å². The fraction of sp³-hybridized carbons (Fsp3) is 0.267. The molecule has 6 rings (SSSR count). The molecule has 0 N–H and O–H groups in total. The lowest BCUT2D eigenvalue weighted by Crippen LogP contribution is -2.64. The molecule has 2 fully saturated rings. The molecule has 2 aliphatic rings. The number of hydrogen-bond donors (Lipinski definition) is 0. The summed E-state index contributed by atoms with van der Waals surface area (Å²) in [5.74, 6) is -0.156. The van der Waals surface area contributed by atoms with E-state index in [-0.39, 0.29) is 17.6 Å². The maximum absolute atomic E-state index is 13.8. The minimum atomic E-state index is -0.277. The van der Waals surface area contributed by atoms with E-state index in [2.05, 4.69) is 4.90 Å². The number of hydrogen-bond acceptors (Lipinski definition) is 3. The molecule has 0 bridgehead atoms. The Morgan fingerprint density at radius 2 is 1.51 bits per heavy atom. The monoisotopic (exact) mass is 496 g/mol. The van der Waals surface area contributed by atoms with Crippen LogP contribution in [0.5, 0.6) is 0 Å². The van der Waals surface area contributed by atoms with E-state index in [0.717, 1.165) is 40.8 Å². The van der Waals surface area contributed by atoms with Crippen LogP contribution in [-0.4, -0.2) is 76.4 Å². The maximum Gasteiger partial charge on any atom is 0.253 e. The number of aryl methyl sites for hydroxylation is 1. The average molecular weight is 497 g/mol. The minimum absolute atomic E-state index is 0.0361. The second-order valence-corrected chi connectivity index (χ2v) is 9.95. The highest BCUT2D eigenvalue weighted by Gasteiger charge is 2.37. The zero-order valence-electron chi connectivity index (χ0n) is 20.8. The van der Waals surface area contributed by atoms with Crippen LogP contribution in [-0.2, 0) is 0 Å². The number of piperazine rings is 1.